The van der Waals surface area contributed by atoms with Crippen molar-refractivity contribution in [2.45, 2.75) is 32.3 Å². The standard InChI is InChI=1S/C21H26N2O3/c1-17(26-19-6-3-2-4-7-19)21(24)23-13-9-18(10-14-23)11-15-25-20-8-5-12-22-16-20/h2-8,12,16-18H,9-11,13-15H2,1H3/t17-/m0/s1. The lowest BCUT2D eigenvalue weighted by Crippen LogP contribution is -2.44. The van der Waals surface area contributed by atoms with Gasteiger partial charge in [-0.3, -0.25) is 9.78 Å². The first-order valence-electron chi connectivity index (χ1n) is 9.25. The summed E-state index contributed by atoms with van der Waals surface area (Å²) in [4.78, 5) is 18.5. The maximum atomic E-state index is 12.6. The minimum Gasteiger partial charge on any atom is -0.492 e. The van der Waals surface area contributed by atoms with Crippen LogP contribution in [0.1, 0.15) is 26.2 Å². The molecule has 1 fully saturated rings. The van der Waals surface area contributed by atoms with Gasteiger partial charge in [-0.1, -0.05) is 18.2 Å². The highest BCUT2D eigenvalue weighted by atomic mass is 16.5. The van der Waals surface area contributed by atoms with Crippen LogP contribution in [-0.2, 0) is 4.79 Å². The summed E-state index contributed by atoms with van der Waals surface area (Å²) in [5.41, 5.74) is 0. The lowest BCUT2D eigenvalue weighted by atomic mass is 9.93. The molecular weight excluding hydrogens is 328 g/mol. The van der Waals surface area contributed by atoms with Gasteiger partial charge in [0.1, 0.15) is 11.5 Å². The smallest absolute Gasteiger partial charge is 0.263 e. The van der Waals surface area contributed by atoms with E-state index in [-0.39, 0.29) is 5.91 Å². The summed E-state index contributed by atoms with van der Waals surface area (Å²) in [5, 5.41) is 0. The van der Waals surface area contributed by atoms with Crippen LogP contribution >= 0.6 is 0 Å². The zero-order chi connectivity index (χ0) is 18.2. The molecule has 1 atom stereocenters. The van der Waals surface area contributed by atoms with Gasteiger partial charge in [-0.2, -0.15) is 0 Å². The van der Waals surface area contributed by atoms with Crippen LogP contribution in [0.15, 0.2) is 54.9 Å². The fourth-order valence-corrected chi connectivity index (χ4v) is 3.23. The molecule has 5 nitrogen and oxygen atoms in total. The molecular formula is C21H26N2O3. The number of ether oxygens (including phenoxy) is 2. The summed E-state index contributed by atoms with van der Waals surface area (Å²) in [7, 11) is 0. The van der Waals surface area contributed by atoms with E-state index in [2.05, 4.69) is 4.98 Å². The highest BCUT2D eigenvalue weighted by molar-refractivity contribution is 5.81. The van der Waals surface area contributed by atoms with Crippen LogP contribution in [-0.4, -0.2) is 41.6 Å². The van der Waals surface area contributed by atoms with Gasteiger partial charge in [-0.05, 0) is 56.4 Å². The van der Waals surface area contributed by atoms with Gasteiger partial charge in [0.2, 0.25) is 0 Å². The number of para-hydroxylation sites is 1. The molecule has 0 N–H and O–H groups in total. The molecule has 1 aliphatic rings. The largest absolute Gasteiger partial charge is 0.492 e. The van der Waals surface area contributed by atoms with E-state index >= 15 is 0 Å². The van der Waals surface area contributed by atoms with Crippen molar-refractivity contribution >= 4 is 5.91 Å². The first-order valence-corrected chi connectivity index (χ1v) is 9.25. The van der Waals surface area contributed by atoms with Crippen molar-refractivity contribution in [1.29, 1.82) is 0 Å². The Labute approximate surface area is 155 Å². The number of likely N-dealkylation sites (tertiary alicyclic amines) is 1. The number of amides is 1. The first-order chi connectivity index (χ1) is 12.7. The minimum atomic E-state index is -0.456. The third-order valence-corrected chi connectivity index (χ3v) is 4.76. The zero-order valence-electron chi connectivity index (χ0n) is 15.2. The predicted octanol–water partition coefficient (Wildman–Crippen LogP) is 3.56. The molecule has 1 aromatic carbocycles. The van der Waals surface area contributed by atoms with Crippen LogP contribution < -0.4 is 9.47 Å². The Bertz CT molecular complexity index is 670. The molecule has 0 saturated carbocycles. The van der Waals surface area contributed by atoms with E-state index in [0.29, 0.717) is 12.5 Å². The molecule has 1 aromatic heterocycles. The molecule has 1 saturated heterocycles. The Morgan fingerprint density at radius 2 is 1.88 bits per heavy atom. The SMILES string of the molecule is C[C@H](Oc1ccccc1)C(=O)N1CCC(CCOc2cccnc2)CC1. The number of carbonyl (C=O) groups is 1. The van der Waals surface area contributed by atoms with Crippen molar-refractivity contribution in [2.24, 2.45) is 5.92 Å². The molecule has 0 spiro atoms. The fraction of sp³-hybridized carbons (Fsp3) is 0.429. The predicted molar refractivity (Wildman–Crippen MR) is 100 cm³/mol. The fourth-order valence-electron chi connectivity index (χ4n) is 3.23. The topological polar surface area (TPSA) is 51.7 Å². The summed E-state index contributed by atoms with van der Waals surface area (Å²) in [6.45, 7) is 4.10. The summed E-state index contributed by atoms with van der Waals surface area (Å²) in [6.07, 6.45) is 6.05. The van der Waals surface area contributed by atoms with Gasteiger partial charge in [-0.15, -0.1) is 0 Å². The number of aromatic nitrogens is 1. The van der Waals surface area contributed by atoms with Gasteiger partial charge in [0, 0.05) is 19.3 Å². The van der Waals surface area contributed by atoms with Crippen molar-refractivity contribution in [2.75, 3.05) is 19.7 Å². The number of nitrogens with zero attached hydrogens (tertiary/aromatic N) is 2. The van der Waals surface area contributed by atoms with Crippen molar-refractivity contribution in [3.8, 4) is 11.5 Å². The Morgan fingerprint density at radius 3 is 2.58 bits per heavy atom. The second kappa shape index (κ2) is 9.22. The number of piperidine rings is 1. The molecule has 2 aromatic rings. The van der Waals surface area contributed by atoms with Crippen molar-refractivity contribution in [3.63, 3.8) is 0 Å². The van der Waals surface area contributed by atoms with E-state index in [1.165, 1.54) is 0 Å². The van der Waals surface area contributed by atoms with E-state index in [1.54, 1.807) is 12.4 Å². The Kier molecular flexibility index (Phi) is 6.47. The first kappa shape index (κ1) is 18.2. The quantitative estimate of drug-likeness (QED) is 0.763. The van der Waals surface area contributed by atoms with Crippen LogP contribution in [0.3, 0.4) is 0 Å². The number of rotatable bonds is 7. The third-order valence-electron chi connectivity index (χ3n) is 4.76. The number of hydrogen-bond donors (Lipinski definition) is 0. The summed E-state index contributed by atoms with van der Waals surface area (Å²) < 4.78 is 11.5. The average Bonchev–Trinajstić information content (AvgIpc) is 2.69. The molecule has 26 heavy (non-hydrogen) atoms. The number of pyridine rings is 1. The molecule has 0 unspecified atom stereocenters. The second-order valence-corrected chi connectivity index (χ2v) is 6.67. The molecule has 3 rings (SSSR count). The second-order valence-electron chi connectivity index (χ2n) is 6.67. The van der Waals surface area contributed by atoms with E-state index in [1.807, 2.05) is 54.3 Å². The molecule has 1 amide bonds. The van der Waals surface area contributed by atoms with Gasteiger partial charge in [0.15, 0.2) is 6.10 Å². The van der Waals surface area contributed by atoms with E-state index in [9.17, 15) is 4.79 Å². The van der Waals surface area contributed by atoms with E-state index < -0.39 is 6.10 Å². The molecule has 138 valence electrons. The highest BCUT2D eigenvalue weighted by Crippen LogP contribution is 2.22. The molecule has 2 heterocycles. The van der Waals surface area contributed by atoms with Crippen molar-refractivity contribution in [1.82, 2.24) is 9.88 Å². The monoisotopic (exact) mass is 354 g/mol. The number of carbonyl (C=O) groups excluding carboxylic acids is 1. The van der Waals surface area contributed by atoms with E-state index in [4.69, 9.17) is 9.47 Å². The van der Waals surface area contributed by atoms with Crippen molar-refractivity contribution in [3.05, 3.63) is 54.9 Å². The molecule has 0 bridgehead atoms. The van der Waals surface area contributed by atoms with Gasteiger partial charge in [0.25, 0.3) is 5.91 Å². The number of benzene rings is 1. The van der Waals surface area contributed by atoms with Gasteiger partial charge < -0.3 is 14.4 Å². The summed E-state index contributed by atoms with van der Waals surface area (Å²) >= 11 is 0. The van der Waals surface area contributed by atoms with E-state index in [0.717, 1.165) is 43.9 Å². The van der Waals surface area contributed by atoms with Gasteiger partial charge >= 0.3 is 0 Å². The normalized spacial score (nSPS) is 16.1. The molecule has 1 aliphatic heterocycles. The Hall–Kier alpha value is -2.56. The average molecular weight is 354 g/mol. The zero-order valence-corrected chi connectivity index (χ0v) is 15.2. The minimum absolute atomic E-state index is 0.0684. The lowest BCUT2D eigenvalue weighted by Gasteiger charge is -2.33. The summed E-state index contributed by atoms with van der Waals surface area (Å²) in [5.74, 6) is 2.21. The van der Waals surface area contributed by atoms with Crippen LogP contribution in [0.2, 0.25) is 0 Å². The van der Waals surface area contributed by atoms with Gasteiger partial charge in [0.05, 0.1) is 12.8 Å². The highest BCUT2D eigenvalue weighted by Gasteiger charge is 2.26. The van der Waals surface area contributed by atoms with Crippen molar-refractivity contribution < 1.29 is 14.3 Å². The lowest BCUT2D eigenvalue weighted by molar-refractivity contribution is -0.139. The Morgan fingerprint density at radius 1 is 1.15 bits per heavy atom. The van der Waals surface area contributed by atoms with Crippen LogP contribution in [0.4, 0.5) is 0 Å². The number of hydrogen-bond acceptors (Lipinski definition) is 4. The third kappa shape index (κ3) is 5.22. The van der Waals surface area contributed by atoms with Crippen LogP contribution in [0.25, 0.3) is 0 Å². The maximum Gasteiger partial charge on any atom is 0.263 e. The molecule has 0 aliphatic carbocycles. The Balaban J connectivity index is 1.38. The maximum absolute atomic E-state index is 12.6. The van der Waals surface area contributed by atoms with Crippen LogP contribution in [0, 0.1) is 5.92 Å². The molecule has 0 radical (unpaired) electrons. The van der Waals surface area contributed by atoms with Gasteiger partial charge in [-0.25, -0.2) is 0 Å². The molecule has 5 heteroatoms. The van der Waals surface area contributed by atoms with Crippen LogP contribution in [0.5, 0.6) is 11.5 Å². The summed E-state index contributed by atoms with van der Waals surface area (Å²) in [6, 6.07) is 13.3.